The average Bonchev–Trinajstić information content (AvgIpc) is 2.41. The van der Waals surface area contributed by atoms with E-state index in [-0.39, 0.29) is 17.4 Å². The summed E-state index contributed by atoms with van der Waals surface area (Å²) in [4.78, 5) is 10.5. The maximum absolute atomic E-state index is 10.5. The summed E-state index contributed by atoms with van der Waals surface area (Å²) in [6.45, 7) is 2.21. The fourth-order valence-corrected chi connectivity index (χ4v) is 1.87. The van der Waals surface area contributed by atoms with Crippen LogP contribution in [0.25, 0.3) is 12.2 Å². The second kappa shape index (κ2) is 11.5. The number of benzene rings is 1. The minimum absolute atomic E-state index is 0. The van der Waals surface area contributed by atoms with Crippen molar-refractivity contribution in [2.24, 2.45) is 0 Å². The van der Waals surface area contributed by atoms with E-state index in [2.05, 4.69) is 19.1 Å². The lowest BCUT2D eigenvalue weighted by molar-refractivity contribution is -0.131. The Labute approximate surface area is 132 Å². The standard InChI is InChI=1S/C17H22O2.Al/c1-2-3-4-5-6-7-10-15-11-8-9-12-16(15)13-14-17(18)19;/h7-14H,2-6H2,1H3,(H,18,19);/b10-7+,14-13+;. The van der Waals surface area contributed by atoms with E-state index in [9.17, 15) is 4.79 Å². The molecule has 0 amide bonds. The molecule has 0 saturated carbocycles. The van der Waals surface area contributed by atoms with E-state index in [0.717, 1.165) is 17.5 Å². The van der Waals surface area contributed by atoms with Crippen LogP contribution in [-0.2, 0) is 4.79 Å². The van der Waals surface area contributed by atoms with Gasteiger partial charge in [0.1, 0.15) is 0 Å². The number of carboxylic acids is 1. The van der Waals surface area contributed by atoms with Gasteiger partial charge in [-0.25, -0.2) is 4.79 Å². The van der Waals surface area contributed by atoms with E-state index in [1.807, 2.05) is 24.3 Å². The molecule has 20 heavy (non-hydrogen) atoms. The Morgan fingerprint density at radius 3 is 2.35 bits per heavy atom. The van der Waals surface area contributed by atoms with Gasteiger partial charge in [-0.1, -0.05) is 62.6 Å². The van der Waals surface area contributed by atoms with Crippen LogP contribution >= 0.6 is 0 Å². The molecule has 0 aliphatic rings. The van der Waals surface area contributed by atoms with Crippen molar-refractivity contribution in [1.29, 1.82) is 0 Å². The molecule has 1 aromatic carbocycles. The number of hydrogen-bond donors (Lipinski definition) is 1. The van der Waals surface area contributed by atoms with Gasteiger partial charge in [0.25, 0.3) is 0 Å². The van der Waals surface area contributed by atoms with Crippen molar-refractivity contribution in [3.63, 3.8) is 0 Å². The maximum Gasteiger partial charge on any atom is 0.328 e. The SMILES string of the molecule is CCCCCC/C=C/c1ccccc1/C=C/C(=O)O.[Al]. The molecule has 1 N–H and O–H groups in total. The van der Waals surface area contributed by atoms with E-state index >= 15 is 0 Å². The molecule has 0 unspecified atom stereocenters. The molecule has 1 aromatic rings. The molecule has 0 atom stereocenters. The fraction of sp³-hybridized carbons (Fsp3) is 0.353. The lowest BCUT2D eigenvalue weighted by Crippen LogP contribution is -1.87. The molecular formula is C17H22AlO2. The second-order valence-corrected chi connectivity index (χ2v) is 4.55. The fourth-order valence-electron chi connectivity index (χ4n) is 1.87. The van der Waals surface area contributed by atoms with Crippen LogP contribution in [-0.4, -0.2) is 28.4 Å². The van der Waals surface area contributed by atoms with Crippen LogP contribution in [0.3, 0.4) is 0 Å². The minimum Gasteiger partial charge on any atom is -0.478 e. The Hall–Kier alpha value is -1.30. The highest BCUT2D eigenvalue weighted by atomic mass is 27.0. The first-order chi connectivity index (χ1) is 9.24. The molecule has 2 nitrogen and oxygen atoms in total. The summed E-state index contributed by atoms with van der Waals surface area (Å²) in [5.74, 6) is -0.918. The van der Waals surface area contributed by atoms with Crippen molar-refractivity contribution in [2.45, 2.75) is 39.0 Å². The number of hydrogen-bond acceptors (Lipinski definition) is 1. The van der Waals surface area contributed by atoms with Gasteiger partial charge in [-0.3, -0.25) is 0 Å². The summed E-state index contributed by atoms with van der Waals surface area (Å²) in [6.07, 6.45) is 13.2. The summed E-state index contributed by atoms with van der Waals surface area (Å²) in [5.41, 5.74) is 2.00. The molecule has 0 spiro atoms. The highest BCUT2D eigenvalue weighted by molar-refractivity contribution is 5.86. The zero-order valence-corrected chi connectivity index (χ0v) is 13.2. The third kappa shape index (κ3) is 7.99. The molecule has 0 aromatic heterocycles. The Morgan fingerprint density at radius 2 is 1.75 bits per heavy atom. The third-order valence-corrected chi connectivity index (χ3v) is 2.92. The van der Waals surface area contributed by atoms with Crippen LogP contribution in [0.2, 0.25) is 0 Å². The van der Waals surface area contributed by atoms with Crippen LogP contribution < -0.4 is 0 Å². The normalized spacial score (nSPS) is 10.8. The molecule has 105 valence electrons. The van der Waals surface area contributed by atoms with Gasteiger partial charge in [-0.15, -0.1) is 0 Å². The zero-order valence-electron chi connectivity index (χ0n) is 12.1. The number of carbonyl (C=O) groups is 1. The maximum atomic E-state index is 10.5. The quantitative estimate of drug-likeness (QED) is 0.437. The largest absolute Gasteiger partial charge is 0.478 e. The molecule has 0 bridgehead atoms. The Bertz CT molecular complexity index is 450. The first-order valence-electron chi connectivity index (χ1n) is 6.90. The molecule has 0 fully saturated rings. The molecular weight excluding hydrogens is 263 g/mol. The number of carboxylic acid groups (broad SMARTS) is 1. The highest BCUT2D eigenvalue weighted by Crippen LogP contribution is 2.13. The summed E-state index contributed by atoms with van der Waals surface area (Å²) in [5, 5.41) is 8.66. The number of rotatable bonds is 8. The van der Waals surface area contributed by atoms with Crippen molar-refractivity contribution in [1.82, 2.24) is 0 Å². The van der Waals surface area contributed by atoms with Crippen LogP contribution in [0.4, 0.5) is 0 Å². The van der Waals surface area contributed by atoms with Crippen molar-refractivity contribution < 1.29 is 9.90 Å². The number of aliphatic carboxylic acids is 1. The van der Waals surface area contributed by atoms with E-state index in [1.54, 1.807) is 6.08 Å². The summed E-state index contributed by atoms with van der Waals surface area (Å²) < 4.78 is 0. The molecule has 0 saturated heterocycles. The second-order valence-electron chi connectivity index (χ2n) is 4.55. The Morgan fingerprint density at radius 1 is 1.10 bits per heavy atom. The van der Waals surface area contributed by atoms with Crippen molar-refractivity contribution in [3.05, 3.63) is 47.5 Å². The van der Waals surface area contributed by atoms with Crippen LogP contribution in [0, 0.1) is 0 Å². The van der Waals surface area contributed by atoms with Gasteiger partial charge in [-0.2, -0.15) is 0 Å². The third-order valence-electron chi connectivity index (χ3n) is 2.92. The van der Waals surface area contributed by atoms with E-state index in [0.29, 0.717) is 0 Å². The summed E-state index contributed by atoms with van der Waals surface area (Å²) in [6, 6.07) is 7.81. The topological polar surface area (TPSA) is 37.3 Å². The van der Waals surface area contributed by atoms with Crippen LogP contribution in [0.5, 0.6) is 0 Å². The predicted octanol–water partition coefficient (Wildman–Crippen LogP) is 4.39. The van der Waals surface area contributed by atoms with Gasteiger partial charge >= 0.3 is 5.97 Å². The smallest absolute Gasteiger partial charge is 0.328 e. The van der Waals surface area contributed by atoms with Gasteiger partial charge in [0, 0.05) is 23.4 Å². The zero-order chi connectivity index (χ0) is 13.9. The van der Waals surface area contributed by atoms with Gasteiger partial charge < -0.3 is 5.11 Å². The minimum atomic E-state index is -0.918. The molecule has 0 aliphatic carbocycles. The van der Waals surface area contributed by atoms with E-state index in [4.69, 9.17) is 5.11 Å². The number of unbranched alkanes of at least 4 members (excludes halogenated alkanes) is 4. The summed E-state index contributed by atoms with van der Waals surface area (Å²) in [7, 11) is 0. The molecule has 0 heterocycles. The van der Waals surface area contributed by atoms with Crippen LogP contribution in [0.15, 0.2) is 36.4 Å². The first kappa shape index (κ1) is 18.7. The van der Waals surface area contributed by atoms with E-state index < -0.39 is 5.97 Å². The first-order valence-corrected chi connectivity index (χ1v) is 6.90. The molecule has 3 radical (unpaired) electrons. The Balaban J connectivity index is 0.00000361. The predicted molar refractivity (Wildman–Crippen MR) is 86.7 cm³/mol. The van der Waals surface area contributed by atoms with Crippen molar-refractivity contribution in [2.75, 3.05) is 0 Å². The lowest BCUT2D eigenvalue weighted by Gasteiger charge is -2.00. The van der Waals surface area contributed by atoms with Gasteiger partial charge in [0.05, 0.1) is 0 Å². The lowest BCUT2D eigenvalue weighted by atomic mass is 10.1. The number of allylic oxidation sites excluding steroid dienone is 1. The van der Waals surface area contributed by atoms with Gasteiger partial charge in [0.15, 0.2) is 0 Å². The van der Waals surface area contributed by atoms with Crippen molar-refractivity contribution >= 4 is 35.5 Å². The van der Waals surface area contributed by atoms with E-state index in [1.165, 1.54) is 31.8 Å². The molecule has 1 rings (SSSR count). The Kier molecular flexibility index (Phi) is 10.8. The van der Waals surface area contributed by atoms with Crippen LogP contribution in [0.1, 0.15) is 50.2 Å². The monoisotopic (exact) mass is 285 g/mol. The van der Waals surface area contributed by atoms with Gasteiger partial charge in [0.2, 0.25) is 0 Å². The van der Waals surface area contributed by atoms with Crippen molar-refractivity contribution in [3.8, 4) is 0 Å². The molecule has 0 aliphatic heterocycles. The average molecular weight is 285 g/mol. The summed E-state index contributed by atoms with van der Waals surface area (Å²) >= 11 is 0. The highest BCUT2D eigenvalue weighted by Gasteiger charge is 1.95. The van der Waals surface area contributed by atoms with Gasteiger partial charge in [-0.05, 0) is 30.0 Å². The molecule has 3 heteroatoms.